The summed E-state index contributed by atoms with van der Waals surface area (Å²) >= 11 is 5.91. The second kappa shape index (κ2) is 5.76. The van der Waals surface area contributed by atoms with Gasteiger partial charge < -0.3 is 15.3 Å². The van der Waals surface area contributed by atoms with E-state index >= 15 is 0 Å². The highest BCUT2D eigenvalue weighted by atomic mass is 35.5. The van der Waals surface area contributed by atoms with Gasteiger partial charge in [-0.25, -0.2) is 4.79 Å². The van der Waals surface area contributed by atoms with Crippen LogP contribution in [-0.4, -0.2) is 17.0 Å². The van der Waals surface area contributed by atoms with Crippen molar-refractivity contribution in [3.05, 3.63) is 69.1 Å². The fraction of sp³-hybridized carbons (Fsp3) is 0.188. The van der Waals surface area contributed by atoms with Crippen molar-refractivity contribution < 1.29 is 0 Å². The maximum absolute atomic E-state index is 11.3. The van der Waals surface area contributed by atoms with Crippen molar-refractivity contribution in [1.29, 1.82) is 0 Å². The molecule has 1 aromatic heterocycles. The number of benzene rings is 2. The molecule has 2 aromatic carbocycles. The van der Waals surface area contributed by atoms with Crippen LogP contribution in [0.25, 0.3) is 11.0 Å². The lowest BCUT2D eigenvalue weighted by molar-refractivity contribution is 0.592. The topological polar surface area (TPSA) is 60.7 Å². The molecule has 5 heteroatoms. The van der Waals surface area contributed by atoms with Crippen LogP contribution in [0, 0.1) is 0 Å². The summed E-state index contributed by atoms with van der Waals surface area (Å²) in [6, 6.07) is 14.0. The third-order valence-corrected chi connectivity index (χ3v) is 3.90. The number of halogens is 1. The van der Waals surface area contributed by atoms with Crippen LogP contribution in [0.2, 0.25) is 5.02 Å². The lowest BCUT2D eigenvalue weighted by Crippen LogP contribution is -2.18. The number of hydrogen-bond donors (Lipinski definition) is 3. The first kappa shape index (κ1) is 13.9. The summed E-state index contributed by atoms with van der Waals surface area (Å²) in [7, 11) is 1.94. The molecule has 4 nitrogen and oxygen atoms in total. The average Bonchev–Trinajstić information content (AvgIpc) is 2.85. The Morgan fingerprint density at radius 2 is 1.81 bits per heavy atom. The van der Waals surface area contributed by atoms with E-state index in [4.69, 9.17) is 11.6 Å². The normalized spacial score (nSPS) is 12.7. The number of hydrogen-bond acceptors (Lipinski definition) is 2. The molecule has 0 radical (unpaired) electrons. The maximum Gasteiger partial charge on any atom is 0.323 e. The van der Waals surface area contributed by atoms with Crippen molar-refractivity contribution >= 4 is 22.6 Å². The molecule has 1 atom stereocenters. The van der Waals surface area contributed by atoms with Crippen LogP contribution in [0.3, 0.4) is 0 Å². The van der Waals surface area contributed by atoms with Gasteiger partial charge in [-0.15, -0.1) is 0 Å². The lowest BCUT2D eigenvalue weighted by Gasteiger charge is -2.17. The molecule has 1 unspecified atom stereocenters. The van der Waals surface area contributed by atoms with Crippen molar-refractivity contribution in [1.82, 2.24) is 15.3 Å². The van der Waals surface area contributed by atoms with E-state index in [1.165, 1.54) is 5.56 Å². The van der Waals surface area contributed by atoms with Gasteiger partial charge in [0.25, 0.3) is 0 Å². The molecule has 0 amide bonds. The van der Waals surface area contributed by atoms with E-state index in [1.807, 2.05) is 49.5 Å². The number of rotatable bonds is 4. The molecule has 3 aromatic rings. The summed E-state index contributed by atoms with van der Waals surface area (Å²) in [5, 5.41) is 4.06. The highest BCUT2D eigenvalue weighted by Gasteiger charge is 2.11. The second-order valence-corrected chi connectivity index (χ2v) is 5.49. The summed E-state index contributed by atoms with van der Waals surface area (Å²) < 4.78 is 0. The van der Waals surface area contributed by atoms with E-state index in [2.05, 4.69) is 15.3 Å². The van der Waals surface area contributed by atoms with E-state index in [-0.39, 0.29) is 11.7 Å². The molecule has 0 aliphatic carbocycles. The third-order valence-electron chi connectivity index (χ3n) is 3.64. The summed E-state index contributed by atoms with van der Waals surface area (Å²) in [4.78, 5) is 16.9. The molecule has 108 valence electrons. The monoisotopic (exact) mass is 301 g/mol. The van der Waals surface area contributed by atoms with Crippen LogP contribution in [0.15, 0.2) is 47.3 Å². The molecule has 3 rings (SSSR count). The molecule has 0 bridgehead atoms. The second-order valence-electron chi connectivity index (χ2n) is 5.06. The van der Waals surface area contributed by atoms with Gasteiger partial charge in [0, 0.05) is 11.1 Å². The minimum absolute atomic E-state index is 0.175. The Morgan fingerprint density at radius 1 is 1.10 bits per heavy atom. The Kier molecular flexibility index (Phi) is 3.82. The molecule has 1 heterocycles. The summed E-state index contributed by atoms with van der Waals surface area (Å²) in [5.74, 6) is 0. The molecule has 0 fully saturated rings. The van der Waals surface area contributed by atoms with Crippen LogP contribution < -0.4 is 11.0 Å². The minimum atomic E-state index is -0.180. The van der Waals surface area contributed by atoms with Crippen LogP contribution in [0.1, 0.15) is 17.2 Å². The van der Waals surface area contributed by atoms with Crippen molar-refractivity contribution in [3.63, 3.8) is 0 Å². The van der Waals surface area contributed by atoms with Crippen LogP contribution >= 0.6 is 11.6 Å². The number of nitrogens with one attached hydrogen (secondary N) is 3. The molecule has 0 spiro atoms. The van der Waals surface area contributed by atoms with E-state index < -0.39 is 0 Å². The van der Waals surface area contributed by atoms with Crippen molar-refractivity contribution in [3.8, 4) is 0 Å². The standard InChI is InChI=1S/C16H16ClN3O/c1-18-14(8-10-2-5-12(17)6-3-10)11-4-7-13-15(9-11)20-16(21)19-13/h2-7,9,14,18H,8H2,1H3,(H2,19,20,21). The van der Waals surface area contributed by atoms with Crippen molar-refractivity contribution in [2.75, 3.05) is 7.05 Å². The van der Waals surface area contributed by atoms with Crippen molar-refractivity contribution in [2.24, 2.45) is 0 Å². The van der Waals surface area contributed by atoms with Gasteiger partial charge in [-0.3, -0.25) is 0 Å². The first-order valence-corrected chi connectivity index (χ1v) is 7.17. The van der Waals surface area contributed by atoms with Gasteiger partial charge in [0.15, 0.2) is 0 Å². The van der Waals surface area contributed by atoms with Gasteiger partial charge in [-0.05, 0) is 48.9 Å². The van der Waals surface area contributed by atoms with Crippen molar-refractivity contribution in [2.45, 2.75) is 12.5 Å². The Balaban J connectivity index is 1.89. The lowest BCUT2D eigenvalue weighted by atomic mass is 9.98. The highest BCUT2D eigenvalue weighted by molar-refractivity contribution is 6.30. The van der Waals surface area contributed by atoms with Gasteiger partial charge in [-0.1, -0.05) is 29.8 Å². The summed E-state index contributed by atoms with van der Waals surface area (Å²) in [6.07, 6.45) is 0.855. The Morgan fingerprint density at radius 3 is 2.52 bits per heavy atom. The van der Waals surface area contributed by atoms with E-state index in [0.717, 1.165) is 28.0 Å². The first-order chi connectivity index (χ1) is 10.2. The quantitative estimate of drug-likeness (QED) is 0.694. The number of aromatic amines is 2. The predicted molar refractivity (Wildman–Crippen MR) is 85.9 cm³/mol. The smallest absolute Gasteiger partial charge is 0.313 e. The fourth-order valence-electron chi connectivity index (χ4n) is 2.51. The van der Waals surface area contributed by atoms with Gasteiger partial charge in [0.1, 0.15) is 0 Å². The number of imidazole rings is 1. The molecule has 21 heavy (non-hydrogen) atoms. The third kappa shape index (κ3) is 3.01. The highest BCUT2D eigenvalue weighted by Crippen LogP contribution is 2.21. The predicted octanol–water partition coefficient (Wildman–Crippen LogP) is 3.01. The Hall–Kier alpha value is -2.04. The van der Waals surface area contributed by atoms with E-state index in [9.17, 15) is 4.79 Å². The van der Waals surface area contributed by atoms with E-state index in [1.54, 1.807) is 0 Å². The van der Waals surface area contributed by atoms with Gasteiger partial charge in [0.05, 0.1) is 11.0 Å². The Bertz CT molecular complexity index is 804. The van der Waals surface area contributed by atoms with Gasteiger partial charge in [-0.2, -0.15) is 0 Å². The number of H-pyrrole nitrogens is 2. The zero-order chi connectivity index (χ0) is 14.8. The van der Waals surface area contributed by atoms with E-state index in [0.29, 0.717) is 0 Å². The SMILES string of the molecule is CNC(Cc1ccc(Cl)cc1)c1ccc2[nH]c(=O)[nH]c2c1. The molecule has 0 aliphatic rings. The molecular weight excluding hydrogens is 286 g/mol. The first-order valence-electron chi connectivity index (χ1n) is 6.79. The molecule has 0 saturated carbocycles. The molecular formula is C16H16ClN3O. The number of fused-ring (bicyclic) bond motifs is 1. The maximum atomic E-state index is 11.3. The largest absolute Gasteiger partial charge is 0.323 e. The van der Waals surface area contributed by atoms with Gasteiger partial charge in [0.2, 0.25) is 0 Å². The summed E-state index contributed by atoms with van der Waals surface area (Å²) in [5.41, 5.74) is 3.82. The van der Waals surface area contributed by atoms with Crippen LogP contribution in [-0.2, 0) is 6.42 Å². The average molecular weight is 302 g/mol. The van der Waals surface area contributed by atoms with Gasteiger partial charge >= 0.3 is 5.69 Å². The minimum Gasteiger partial charge on any atom is -0.313 e. The molecule has 0 saturated heterocycles. The fourth-order valence-corrected chi connectivity index (χ4v) is 2.64. The Labute approximate surface area is 127 Å². The number of likely N-dealkylation sites (N-methyl/N-ethyl adjacent to an activating group) is 1. The molecule has 3 N–H and O–H groups in total. The zero-order valence-electron chi connectivity index (χ0n) is 11.6. The summed E-state index contributed by atoms with van der Waals surface area (Å²) in [6.45, 7) is 0. The van der Waals surface area contributed by atoms with Crippen LogP contribution in [0.5, 0.6) is 0 Å². The molecule has 0 aliphatic heterocycles. The number of aromatic nitrogens is 2. The van der Waals surface area contributed by atoms with Crippen LogP contribution in [0.4, 0.5) is 0 Å². The zero-order valence-corrected chi connectivity index (χ0v) is 12.4.